The van der Waals surface area contributed by atoms with E-state index in [9.17, 15) is 18.0 Å². The van der Waals surface area contributed by atoms with Crippen LogP contribution in [0.3, 0.4) is 0 Å². The first-order valence-electron chi connectivity index (χ1n) is 16.0. The number of ether oxygens (including phenoxy) is 3. The highest BCUT2D eigenvalue weighted by molar-refractivity contribution is 7.92. The van der Waals surface area contributed by atoms with Gasteiger partial charge in [-0.2, -0.15) is 0 Å². The van der Waals surface area contributed by atoms with Crippen molar-refractivity contribution < 1.29 is 32.2 Å². The zero-order valence-electron chi connectivity index (χ0n) is 28.9. The third-order valence-electron chi connectivity index (χ3n) is 8.24. The van der Waals surface area contributed by atoms with Gasteiger partial charge in [-0.15, -0.1) is 0 Å². The van der Waals surface area contributed by atoms with Crippen LogP contribution in [0.15, 0.2) is 89.8 Å². The molecule has 10 nitrogen and oxygen atoms in total. The standard InChI is InChI=1S/C37H40Cl3N3O7S/c1-6-24(2)41-37(45)32(19-25-10-8-7-9-11-25)42(22-26-12-15-29(39)30(40)18-26)36(44)23-43(31-20-27(38)13-16-33(31)48-3)51(46,47)28-14-17-34(49-4)35(21-28)50-5/h7-18,20-21,24,32H,6,19,22-23H2,1-5H3,(H,41,45)/t24-,32-/m0/s1. The SMILES string of the molecule is CC[C@H](C)NC(=O)[C@H](Cc1ccccc1)N(Cc1ccc(Cl)c(Cl)c1)C(=O)CN(c1cc(Cl)ccc1OC)S(=O)(=O)c1ccc(OC)c(OC)c1. The van der Waals surface area contributed by atoms with Crippen molar-refractivity contribution in [1.29, 1.82) is 0 Å². The van der Waals surface area contributed by atoms with E-state index >= 15 is 0 Å². The zero-order valence-corrected chi connectivity index (χ0v) is 31.9. The monoisotopic (exact) mass is 775 g/mol. The number of methoxy groups -OCH3 is 3. The number of hydrogen-bond donors (Lipinski definition) is 1. The summed E-state index contributed by atoms with van der Waals surface area (Å²) in [6.45, 7) is 2.96. The number of carbonyl (C=O) groups excluding carboxylic acids is 2. The average molecular weight is 777 g/mol. The van der Waals surface area contributed by atoms with Crippen LogP contribution in [0.5, 0.6) is 17.2 Å². The summed E-state index contributed by atoms with van der Waals surface area (Å²) in [4.78, 5) is 30.1. The lowest BCUT2D eigenvalue weighted by Gasteiger charge is -2.34. The molecule has 4 rings (SSSR count). The Kier molecular flexibility index (Phi) is 13.9. The van der Waals surface area contributed by atoms with E-state index in [1.165, 1.54) is 56.6 Å². The lowest BCUT2D eigenvalue weighted by Crippen LogP contribution is -2.54. The van der Waals surface area contributed by atoms with Crippen molar-refractivity contribution in [3.63, 3.8) is 0 Å². The van der Waals surface area contributed by atoms with Gasteiger partial charge in [0.15, 0.2) is 11.5 Å². The average Bonchev–Trinajstić information content (AvgIpc) is 3.13. The smallest absolute Gasteiger partial charge is 0.265 e. The minimum Gasteiger partial charge on any atom is -0.495 e. The molecule has 0 aliphatic carbocycles. The molecule has 0 aliphatic heterocycles. The molecule has 0 aromatic heterocycles. The first kappa shape index (κ1) is 39.6. The second-order valence-corrected chi connectivity index (χ2v) is 14.8. The van der Waals surface area contributed by atoms with Crippen LogP contribution < -0.4 is 23.8 Å². The Labute approximate surface area is 314 Å². The maximum Gasteiger partial charge on any atom is 0.265 e. The molecular weight excluding hydrogens is 737 g/mol. The number of anilines is 1. The Bertz CT molecular complexity index is 1950. The maximum atomic E-state index is 14.8. The number of hydrogen-bond acceptors (Lipinski definition) is 7. The number of rotatable bonds is 16. The molecule has 0 aliphatic rings. The molecule has 0 saturated heterocycles. The molecule has 1 N–H and O–H groups in total. The highest BCUT2D eigenvalue weighted by Gasteiger charge is 2.36. The van der Waals surface area contributed by atoms with Crippen molar-refractivity contribution >= 4 is 62.3 Å². The van der Waals surface area contributed by atoms with Crippen LogP contribution in [0.4, 0.5) is 5.69 Å². The molecule has 0 radical (unpaired) electrons. The first-order valence-corrected chi connectivity index (χ1v) is 18.6. The van der Waals surface area contributed by atoms with E-state index in [0.29, 0.717) is 22.8 Å². The van der Waals surface area contributed by atoms with E-state index in [-0.39, 0.29) is 51.1 Å². The maximum absolute atomic E-state index is 14.8. The zero-order chi connectivity index (χ0) is 37.3. The Morgan fingerprint density at radius 2 is 1.45 bits per heavy atom. The molecular formula is C37H40Cl3N3O7S. The minimum absolute atomic E-state index is 0.00582. The number of nitrogens with one attached hydrogen (secondary N) is 1. The summed E-state index contributed by atoms with van der Waals surface area (Å²) in [6, 6.07) is 21.4. The number of sulfonamides is 1. The summed E-state index contributed by atoms with van der Waals surface area (Å²) >= 11 is 19.0. The van der Waals surface area contributed by atoms with Gasteiger partial charge in [-0.3, -0.25) is 13.9 Å². The number of benzene rings is 4. The summed E-state index contributed by atoms with van der Waals surface area (Å²) in [6.07, 6.45) is 0.787. The van der Waals surface area contributed by atoms with Gasteiger partial charge in [-0.05, 0) is 66.9 Å². The van der Waals surface area contributed by atoms with Crippen molar-refractivity contribution in [2.24, 2.45) is 0 Å². The van der Waals surface area contributed by atoms with E-state index in [0.717, 1.165) is 9.87 Å². The van der Waals surface area contributed by atoms with E-state index in [1.54, 1.807) is 24.3 Å². The normalized spacial score (nSPS) is 12.4. The largest absolute Gasteiger partial charge is 0.495 e. The van der Waals surface area contributed by atoms with Crippen molar-refractivity contribution in [3.8, 4) is 17.2 Å². The number of carbonyl (C=O) groups is 2. The van der Waals surface area contributed by atoms with Crippen LogP contribution in [-0.4, -0.2) is 65.1 Å². The minimum atomic E-state index is -4.53. The van der Waals surface area contributed by atoms with E-state index < -0.39 is 34.4 Å². The topological polar surface area (TPSA) is 114 Å². The summed E-state index contributed by atoms with van der Waals surface area (Å²) in [5.41, 5.74) is 1.37. The van der Waals surface area contributed by atoms with Gasteiger partial charge in [-0.1, -0.05) is 78.1 Å². The van der Waals surface area contributed by atoms with Gasteiger partial charge in [0.05, 0.1) is 42.0 Å². The van der Waals surface area contributed by atoms with Gasteiger partial charge in [0.25, 0.3) is 10.0 Å². The summed E-state index contributed by atoms with van der Waals surface area (Å²) in [7, 11) is -0.341. The van der Waals surface area contributed by atoms with Crippen molar-refractivity contribution in [3.05, 3.63) is 111 Å². The Morgan fingerprint density at radius 1 is 0.784 bits per heavy atom. The quantitative estimate of drug-likeness (QED) is 0.126. The lowest BCUT2D eigenvalue weighted by atomic mass is 10.0. The molecule has 272 valence electrons. The molecule has 2 amide bonds. The van der Waals surface area contributed by atoms with E-state index in [1.807, 2.05) is 44.2 Å². The summed E-state index contributed by atoms with van der Waals surface area (Å²) in [5.74, 6) is -0.483. The van der Waals surface area contributed by atoms with Gasteiger partial charge in [-0.25, -0.2) is 8.42 Å². The number of nitrogens with zero attached hydrogens (tertiary/aromatic N) is 2. The van der Waals surface area contributed by atoms with Gasteiger partial charge >= 0.3 is 0 Å². The summed E-state index contributed by atoms with van der Waals surface area (Å²) in [5, 5.41) is 3.78. The Morgan fingerprint density at radius 3 is 2.08 bits per heavy atom. The molecule has 2 atom stereocenters. The molecule has 0 spiro atoms. The van der Waals surface area contributed by atoms with E-state index in [2.05, 4.69) is 5.32 Å². The molecule has 4 aromatic rings. The second-order valence-electron chi connectivity index (χ2n) is 11.6. The van der Waals surface area contributed by atoms with Crippen molar-refractivity contribution in [1.82, 2.24) is 10.2 Å². The highest BCUT2D eigenvalue weighted by atomic mass is 35.5. The molecule has 0 bridgehead atoms. The highest BCUT2D eigenvalue weighted by Crippen LogP contribution is 2.37. The Balaban J connectivity index is 1.90. The molecule has 0 heterocycles. The molecule has 0 fully saturated rings. The van der Waals surface area contributed by atoms with Gasteiger partial charge in [0.1, 0.15) is 18.3 Å². The van der Waals surface area contributed by atoms with Gasteiger partial charge in [0.2, 0.25) is 11.8 Å². The predicted molar refractivity (Wildman–Crippen MR) is 201 cm³/mol. The second kappa shape index (κ2) is 17.9. The third kappa shape index (κ3) is 9.79. The van der Waals surface area contributed by atoms with Gasteiger partial charge in [0, 0.05) is 30.1 Å². The molecule has 4 aromatic carbocycles. The van der Waals surface area contributed by atoms with Crippen LogP contribution in [0.2, 0.25) is 15.1 Å². The first-order chi connectivity index (χ1) is 24.3. The van der Waals surface area contributed by atoms with E-state index in [4.69, 9.17) is 49.0 Å². The fourth-order valence-corrected chi connectivity index (χ4v) is 7.22. The molecule has 14 heteroatoms. The predicted octanol–water partition coefficient (Wildman–Crippen LogP) is 7.42. The molecule has 0 unspecified atom stereocenters. The molecule has 51 heavy (non-hydrogen) atoms. The summed E-state index contributed by atoms with van der Waals surface area (Å²) < 4.78 is 46.4. The third-order valence-corrected chi connectivity index (χ3v) is 11.0. The van der Waals surface area contributed by atoms with Crippen LogP contribution in [0.1, 0.15) is 31.4 Å². The van der Waals surface area contributed by atoms with Crippen LogP contribution in [-0.2, 0) is 32.6 Å². The van der Waals surface area contributed by atoms with Gasteiger partial charge < -0.3 is 24.4 Å². The fraction of sp³-hybridized carbons (Fsp3) is 0.297. The fourth-order valence-electron chi connectivity index (χ4n) is 5.31. The van der Waals surface area contributed by atoms with Crippen LogP contribution in [0, 0.1) is 0 Å². The van der Waals surface area contributed by atoms with Crippen LogP contribution in [0.25, 0.3) is 0 Å². The molecule has 0 saturated carbocycles. The van der Waals surface area contributed by atoms with Crippen molar-refractivity contribution in [2.75, 3.05) is 32.2 Å². The lowest BCUT2D eigenvalue weighted by molar-refractivity contribution is -0.140. The Hall–Kier alpha value is -4.16. The van der Waals surface area contributed by atoms with Crippen molar-refractivity contribution in [2.45, 2.75) is 50.2 Å². The number of halogens is 3. The van der Waals surface area contributed by atoms with Crippen LogP contribution >= 0.6 is 34.8 Å². The number of amides is 2.